The van der Waals surface area contributed by atoms with Gasteiger partial charge in [-0.2, -0.15) is 0 Å². The van der Waals surface area contributed by atoms with Crippen molar-refractivity contribution in [2.75, 3.05) is 13.2 Å². The van der Waals surface area contributed by atoms with Gasteiger partial charge in [0.15, 0.2) is 0 Å². The number of nitrogens with zero attached hydrogens (tertiary/aromatic N) is 1. The van der Waals surface area contributed by atoms with Crippen molar-refractivity contribution in [3.63, 3.8) is 0 Å². The SMILES string of the molecule is Cc1c(C(=O)NCC2CCCO2)ccn1CC1CCCCC1. The summed E-state index contributed by atoms with van der Waals surface area (Å²) in [5, 5.41) is 3.02. The van der Waals surface area contributed by atoms with Crippen molar-refractivity contribution in [3.05, 3.63) is 23.5 Å². The molecule has 1 N–H and O–H groups in total. The van der Waals surface area contributed by atoms with E-state index in [0.717, 1.165) is 43.2 Å². The highest BCUT2D eigenvalue weighted by atomic mass is 16.5. The molecule has 2 fully saturated rings. The zero-order valence-corrected chi connectivity index (χ0v) is 13.6. The molecular weight excluding hydrogens is 276 g/mol. The highest BCUT2D eigenvalue weighted by molar-refractivity contribution is 5.95. The van der Waals surface area contributed by atoms with Crippen LogP contribution in [0.1, 0.15) is 61.0 Å². The van der Waals surface area contributed by atoms with Gasteiger partial charge in [0.25, 0.3) is 5.91 Å². The topological polar surface area (TPSA) is 43.3 Å². The maximum Gasteiger partial charge on any atom is 0.253 e. The zero-order chi connectivity index (χ0) is 15.4. The highest BCUT2D eigenvalue weighted by Crippen LogP contribution is 2.26. The molecule has 0 spiro atoms. The van der Waals surface area contributed by atoms with Gasteiger partial charge in [0.1, 0.15) is 0 Å². The van der Waals surface area contributed by atoms with Crippen molar-refractivity contribution in [3.8, 4) is 0 Å². The van der Waals surface area contributed by atoms with Gasteiger partial charge in [-0.3, -0.25) is 4.79 Å². The molecule has 1 aromatic rings. The van der Waals surface area contributed by atoms with Gasteiger partial charge in [-0.15, -0.1) is 0 Å². The number of carbonyl (C=O) groups is 1. The second kappa shape index (κ2) is 7.32. The first-order chi connectivity index (χ1) is 10.7. The highest BCUT2D eigenvalue weighted by Gasteiger charge is 2.20. The predicted octanol–water partition coefficient (Wildman–Crippen LogP) is 3.29. The number of amides is 1. The molecule has 4 nitrogen and oxygen atoms in total. The summed E-state index contributed by atoms with van der Waals surface area (Å²) in [6.45, 7) is 4.58. The molecule has 1 saturated carbocycles. The van der Waals surface area contributed by atoms with Crippen LogP contribution >= 0.6 is 0 Å². The number of hydrogen-bond donors (Lipinski definition) is 1. The van der Waals surface area contributed by atoms with Crippen molar-refractivity contribution in [1.82, 2.24) is 9.88 Å². The first-order valence-electron chi connectivity index (χ1n) is 8.79. The quantitative estimate of drug-likeness (QED) is 0.907. The minimum atomic E-state index is 0.0374. The van der Waals surface area contributed by atoms with Crippen LogP contribution < -0.4 is 5.32 Å². The monoisotopic (exact) mass is 304 g/mol. The molecule has 0 radical (unpaired) electrons. The summed E-state index contributed by atoms with van der Waals surface area (Å²) in [7, 11) is 0. The van der Waals surface area contributed by atoms with Gasteiger partial charge < -0.3 is 14.6 Å². The summed E-state index contributed by atoms with van der Waals surface area (Å²) in [6, 6.07) is 1.96. The molecule has 3 rings (SSSR count). The van der Waals surface area contributed by atoms with E-state index in [1.807, 2.05) is 6.07 Å². The first kappa shape index (κ1) is 15.6. The molecule has 1 aliphatic heterocycles. The van der Waals surface area contributed by atoms with E-state index in [1.54, 1.807) is 0 Å². The maximum absolute atomic E-state index is 12.3. The van der Waals surface area contributed by atoms with Gasteiger partial charge >= 0.3 is 0 Å². The van der Waals surface area contributed by atoms with E-state index in [0.29, 0.717) is 6.54 Å². The van der Waals surface area contributed by atoms with Crippen LogP contribution in [0.3, 0.4) is 0 Å². The predicted molar refractivity (Wildman–Crippen MR) is 87.1 cm³/mol. The fourth-order valence-electron chi connectivity index (χ4n) is 3.74. The average Bonchev–Trinajstić information content (AvgIpc) is 3.17. The van der Waals surface area contributed by atoms with Crippen LogP contribution in [0.25, 0.3) is 0 Å². The smallest absolute Gasteiger partial charge is 0.253 e. The molecule has 0 bridgehead atoms. The summed E-state index contributed by atoms with van der Waals surface area (Å²) < 4.78 is 7.82. The van der Waals surface area contributed by atoms with E-state index < -0.39 is 0 Å². The summed E-state index contributed by atoms with van der Waals surface area (Å²) in [6.07, 6.45) is 11.2. The van der Waals surface area contributed by atoms with Gasteiger partial charge in [0.05, 0.1) is 11.7 Å². The van der Waals surface area contributed by atoms with E-state index in [2.05, 4.69) is 23.0 Å². The molecule has 4 heteroatoms. The largest absolute Gasteiger partial charge is 0.376 e. The van der Waals surface area contributed by atoms with E-state index >= 15 is 0 Å². The van der Waals surface area contributed by atoms with Crippen LogP contribution in [0.2, 0.25) is 0 Å². The Hall–Kier alpha value is -1.29. The molecule has 122 valence electrons. The molecule has 1 unspecified atom stereocenters. The second-order valence-corrected chi connectivity index (χ2v) is 6.82. The third kappa shape index (κ3) is 3.72. The fraction of sp³-hybridized carbons (Fsp3) is 0.722. The van der Waals surface area contributed by atoms with Crippen LogP contribution in [0, 0.1) is 12.8 Å². The number of aromatic nitrogens is 1. The Morgan fingerprint density at radius 2 is 2.09 bits per heavy atom. The zero-order valence-electron chi connectivity index (χ0n) is 13.6. The number of nitrogens with one attached hydrogen (secondary N) is 1. The summed E-state index contributed by atoms with van der Waals surface area (Å²) in [5.74, 6) is 0.818. The number of rotatable bonds is 5. The molecule has 1 aromatic heterocycles. The number of carbonyl (C=O) groups excluding carboxylic acids is 1. The number of hydrogen-bond acceptors (Lipinski definition) is 2. The Balaban J connectivity index is 1.55. The van der Waals surface area contributed by atoms with E-state index in [-0.39, 0.29) is 12.0 Å². The van der Waals surface area contributed by atoms with Gasteiger partial charge in [-0.05, 0) is 44.6 Å². The lowest BCUT2D eigenvalue weighted by Crippen LogP contribution is -2.32. The second-order valence-electron chi connectivity index (χ2n) is 6.82. The van der Waals surface area contributed by atoms with Crippen molar-refractivity contribution >= 4 is 5.91 Å². The van der Waals surface area contributed by atoms with Crippen LogP contribution in [-0.2, 0) is 11.3 Å². The summed E-state index contributed by atoms with van der Waals surface area (Å²) in [4.78, 5) is 12.3. The van der Waals surface area contributed by atoms with Crippen LogP contribution in [0.4, 0.5) is 0 Å². The van der Waals surface area contributed by atoms with E-state index in [4.69, 9.17) is 4.74 Å². The van der Waals surface area contributed by atoms with E-state index in [1.165, 1.54) is 32.1 Å². The molecular formula is C18H28N2O2. The molecule has 1 saturated heterocycles. The Labute approximate surface area is 133 Å². The van der Waals surface area contributed by atoms with Gasteiger partial charge in [-0.1, -0.05) is 19.3 Å². The van der Waals surface area contributed by atoms with Crippen molar-refractivity contribution < 1.29 is 9.53 Å². The lowest BCUT2D eigenvalue weighted by Gasteiger charge is -2.22. The lowest BCUT2D eigenvalue weighted by atomic mass is 9.89. The Morgan fingerprint density at radius 3 is 2.82 bits per heavy atom. The van der Waals surface area contributed by atoms with Crippen LogP contribution in [-0.4, -0.2) is 29.7 Å². The van der Waals surface area contributed by atoms with Gasteiger partial charge in [-0.25, -0.2) is 0 Å². The normalized spacial score (nSPS) is 22.9. The molecule has 22 heavy (non-hydrogen) atoms. The first-order valence-corrected chi connectivity index (χ1v) is 8.79. The molecule has 2 aliphatic rings. The molecule has 1 atom stereocenters. The average molecular weight is 304 g/mol. The van der Waals surface area contributed by atoms with Crippen LogP contribution in [0.5, 0.6) is 0 Å². The summed E-state index contributed by atoms with van der Waals surface area (Å²) >= 11 is 0. The Bertz CT molecular complexity index is 497. The van der Waals surface area contributed by atoms with Crippen LogP contribution in [0.15, 0.2) is 12.3 Å². The van der Waals surface area contributed by atoms with Crippen molar-refractivity contribution in [2.24, 2.45) is 5.92 Å². The lowest BCUT2D eigenvalue weighted by molar-refractivity contribution is 0.0857. The fourth-order valence-corrected chi connectivity index (χ4v) is 3.74. The Morgan fingerprint density at radius 1 is 1.27 bits per heavy atom. The summed E-state index contributed by atoms with van der Waals surface area (Å²) in [5.41, 5.74) is 1.91. The standard InChI is InChI=1S/C18H28N2O2/c1-14-17(18(21)19-12-16-8-5-11-22-16)9-10-20(14)13-15-6-3-2-4-7-15/h9-10,15-16H,2-8,11-13H2,1H3,(H,19,21). The van der Waals surface area contributed by atoms with Crippen molar-refractivity contribution in [2.45, 2.75) is 64.5 Å². The third-order valence-corrected chi connectivity index (χ3v) is 5.18. The van der Waals surface area contributed by atoms with Crippen molar-refractivity contribution in [1.29, 1.82) is 0 Å². The maximum atomic E-state index is 12.3. The minimum Gasteiger partial charge on any atom is -0.376 e. The Kier molecular flexibility index (Phi) is 5.19. The van der Waals surface area contributed by atoms with Gasteiger partial charge in [0, 0.05) is 31.6 Å². The van der Waals surface area contributed by atoms with E-state index in [9.17, 15) is 4.79 Å². The molecule has 1 amide bonds. The minimum absolute atomic E-state index is 0.0374. The number of ether oxygens (including phenoxy) is 1. The molecule has 0 aromatic carbocycles. The third-order valence-electron chi connectivity index (χ3n) is 5.18. The molecule has 2 heterocycles. The molecule has 1 aliphatic carbocycles. The van der Waals surface area contributed by atoms with Gasteiger partial charge in [0.2, 0.25) is 0 Å².